The highest BCUT2D eigenvalue weighted by Crippen LogP contribution is 2.22. The Morgan fingerprint density at radius 1 is 1.17 bits per heavy atom. The molecule has 18 heavy (non-hydrogen) atoms. The van der Waals surface area contributed by atoms with Crippen LogP contribution in [0.25, 0.3) is 10.9 Å². The Hall–Kier alpha value is -1.71. The van der Waals surface area contributed by atoms with E-state index in [4.69, 9.17) is 5.73 Å². The van der Waals surface area contributed by atoms with Gasteiger partial charge in [-0.25, -0.2) is 0 Å². The van der Waals surface area contributed by atoms with Crippen molar-refractivity contribution >= 4 is 22.2 Å². The minimum atomic E-state index is 0.0493. The molecule has 0 bridgehead atoms. The molecule has 0 aliphatic carbocycles. The zero-order valence-corrected chi connectivity index (χ0v) is 10.7. The Balaban J connectivity index is 1.89. The minimum Gasteiger partial charge on any atom is -0.324 e. The lowest BCUT2D eigenvalue weighted by molar-refractivity contribution is 0.731. The van der Waals surface area contributed by atoms with Crippen LogP contribution in [-0.4, -0.2) is 4.98 Å². The van der Waals surface area contributed by atoms with Gasteiger partial charge in [0.15, 0.2) is 0 Å². The summed E-state index contributed by atoms with van der Waals surface area (Å²) >= 11 is 1.76. The molecule has 90 valence electrons. The first-order chi connectivity index (χ1) is 8.83. The van der Waals surface area contributed by atoms with Crippen LogP contribution in [0.1, 0.15) is 16.5 Å². The summed E-state index contributed by atoms with van der Waals surface area (Å²) in [6, 6.07) is 14.5. The van der Waals surface area contributed by atoms with Gasteiger partial charge in [0, 0.05) is 28.9 Å². The van der Waals surface area contributed by atoms with Gasteiger partial charge in [-0.1, -0.05) is 18.2 Å². The maximum absolute atomic E-state index is 6.26. The number of benzene rings is 1. The molecule has 2 aromatic heterocycles. The average molecular weight is 254 g/mol. The molecule has 3 rings (SSSR count). The number of thiophene rings is 1. The zero-order valence-electron chi connectivity index (χ0n) is 9.91. The van der Waals surface area contributed by atoms with Gasteiger partial charge in [0.2, 0.25) is 0 Å². The van der Waals surface area contributed by atoms with Gasteiger partial charge >= 0.3 is 0 Å². The van der Waals surface area contributed by atoms with Gasteiger partial charge in [-0.15, -0.1) is 11.3 Å². The first kappa shape index (κ1) is 11.4. The predicted molar refractivity (Wildman–Crippen MR) is 76.7 cm³/mol. The largest absolute Gasteiger partial charge is 0.324 e. The van der Waals surface area contributed by atoms with E-state index >= 15 is 0 Å². The van der Waals surface area contributed by atoms with Crippen LogP contribution in [0.15, 0.2) is 54.0 Å². The van der Waals surface area contributed by atoms with Crippen molar-refractivity contribution in [3.05, 3.63) is 64.5 Å². The second kappa shape index (κ2) is 4.88. The number of rotatable bonds is 3. The van der Waals surface area contributed by atoms with Gasteiger partial charge in [0.1, 0.15) is 0 Å². The molecule has 0 saturated carbocycles. The highest BCUT2D eigenvalue weighted by atomic mass is 32.1. The van der Waals surface area contributed by atoms with Crippen molar-refractivity contribution in [2.75, 3.05) is 0 Å². The van der Waals surface area contributed by atoms with Crippen LogP contribution in [-0.2, 0) is 6.42 Å². The summed E-state index contributed by atoms with van der Waals surface area (Å²) in [7, 11) is 0. The van der Waals surface area contributed by atoms with E-state index in [2.05, 4.69) is 40.7 Å². The Bertz CT molecular complexity index is 646. The van der Waals surface area contributed by atoms with Crippen molar-refractivity contribution in [1.29, 1.82) is 0 Å². The molecule has 1 unspecified atom stereocenters. The maximum Gasteiger partial charge on any atom is 0.0702 e. The molecule has 1 atom stereocenters. The summed E-state index contributed by atoms with van der Waals surface area (Å²) < 4.78 is 0. The Morgan fingerprint density at radius 3 is 2.94 bits per heavy atom. The number of hydrogen-bond donors (Lipinski definition) is 1. The third-order valence-electron chi connectivity index (χ3n) is 3.06. The lowest BCUT2D eigenvalue weighted by Crippen LogP contribution is -2.12. The summed E-state index contributed by atoms with van der Waals surface area (Å²) in [5.41, 5.74) is 8.45. The first-order valence-electron chi connectivity index (χ1n) is 5.95. The van der Waals surface area contributed by atoms with Crippen LogP contribution in [0.3, 0.4) is 0 Å². The highest BCUT2D eigenvalue weighted by molar-refractivity contribution is 7.09. The SMILES string of the molecule is NC(Cc1cccs1)c1ccc2ncccc2c1. The van der Waals surface area contributed by atoms with Gasteiger partial charge in [-0.3, -0.25) is 4.98 Å². The van der Waals surface area contributed by atoms with Crippen molar-refractivity contribution < 1.29 is 0 Å². The average Bonchev–Trinajstić information content (AvgIpc) is 2.91. The van der Waals surface area contributed by atoms with Crippen LogP contribution in [0, 0.1) is 0 Å². The molecular formula is C15H14N2S. The van der Waals surface area contributed by atoms with Crippen molar-refractivity contribution in [2.24, 2.45) is 5.73 Å². The third-order valence-corrected chi connectivity index (χ3v) is 3.96. The van der Waals surface area contributed by atoms with Gasteiger partial charge in [0.25, 0.3) is 0 Å². The lowest BCUT2D eigenvalue weighted by atomic mass is 10.0. The van der Waals surface area contributed by atoms with Gasteiger partial charge in [-0.2, -0.15) is 0 Å². The topological polar surface area (TPSA) is 38.9 Å². The van der Waals surface area contributed by atoms with Crippen molar-refractivity contribution in [2.45, 2.75) is 12.5 Å². The molecule has 0 aliphatic rings. The Labute approximate surface area is 110 Å². The Morgan fingerprint density at radius 2 is 2.11 bits per heavy atom. The van der Waals surface area contributed by atoms with Crippen LogP contribution in [0.4, 0.5) is 0 Å². The minimum absolute atomic E-state index is 0.0493. The molecule has 0 fully saturated rings. The maximum atomic E-state index is 6.26. The van der Waals surface area contributed by atoms with Crippen molar-refractivity contribution in [1.82, 2.24) is 4.98 Å². The summed E-state index contributed by atoms with van der Waals surface area (Å²) in [6.45, 7) is 0. The normalized spacial score (nSPS) is 12.7. The van der Waals surface area contributed by atoms with E-state index in [1.54, 1.807) is 11.3 Å². The molecule has 0 aliphatic heterocycles. The number of fused-ring (bicyclic) bond motifs is 1. The number of nitrogens with zero attached hydrogens (tertiary/aromatic N) is 1. The zero-order chi connectivity index (χ0) is 12.4. The second-order valence-electron chi connectivity index (χ2n) is 4.35. The fourth-order valence-corrected chi connectivity index (χ4v) is 2.85. The highest BCUT2D eigenvalue weighted by Gasteiger charge is 2.08. The molecule has 0 amide bonds. The molecule has 2 heterocycles. The van der Waals surface area contributed by atoms with Gasteiger partial charge in [0.05, 0.1) is 5.52 Å². The number of hydrogen-bond acceptors (Lipinski definition) is 3. The standard InChI is InChI=1S/C15H14N2S/c16-14(10-13-4-2-8-18-13)11-5-6-15-12(9-11)3-1-7-17-15/h1-9,14H,10,16H2. The Kier molecular flexibility index (Phi) is 3.09. The van der Waals surface area contributed by atoms with E-state index < -0.39 is 0 Å². The molecule has 2 N–H and O–H groups in total. The quantitative estimate of drug-likeness (QED) is 0.776. The molecule has 2 nitrogen and oxygen atoms in total. The summed E-state index contributed by atoms with van der Waals surface area (Å²) in [5, 5.41) is 3.24. The summed E-state index contributed by atoms with van der Waals surface area (Å²) in [6.07, 6.45) is 2.71. The third kappa shape index (κ3) is 2.28. The molecule has 3 heteroatoms. The smallest absolute Gasteiger partial charge is 0.0702 e. The monoisotopic (exact) mass is 254 g/mol. The number of nitrogens with two attached hydrogens (primary N) is 1. The fraction of sp³-hybridized carbons (Fsp3) is 0.133. The molecular weight excluding hydrogens is 240 g/mol. The van der Waals surface area contributed by atoms with E-state index in [9.17, 15) is 0 Å². The lowest BCUT2D eigenvalue weighted by Gasteiger charge is -2.11. The number of pyridine rings is 1. The summed E-state index contributed by atoms with van der Waals surface area (Å²) in [5.74, 6) is 0. The van der Waals surface area contributed by atoms with Crippen LogP contribution in [0.2, 0.25) is 0 Å². The fourth-order valence-electron chi connectivity index (χ4n) is 2.09. The number of aromatic nitrogens is 1. The van der Waals surface area contributed by atoms with E-state index in [0.29, 0.717) is 0 Å². The molecule has 0 radical (unpaired) electrons. The van der Waals surface area contributed by atoms with Gasteiger partial charge in [-0.05, 0) is 35.2 Å². The van der Waals surface area contributed by atoms with Crippen molar-refractivity contribution in [3.8, 4) is 0 Å². The van der Waals surface area contributed by atoms with E-state index in [-0.39, 0.29) is 6.04 Å². The molecule has 1 aromatic carbocycles. The van der Waals surface area contributed by atoms with E-state index in [0.717, 1.165) is 17.3 Å². The van der Waals surface area contributed by atoms with Gasteiger partial charge < -0.3 is 5.73 Å². The van der Waals surface area contributed by atoms with E-state index in [1.807, 2.05) is 18.3 Å². The van der Waals surface area contributed by atoms with E-state index in [1.165, 1.54) is 10.4 Å². The molecule has 3 aromatic rings. The van der Waals surface area contributed by atoms with Crippen LogP contribution < -0.4 is 5.73 Å². The summed E-state index contributed by atoms with van der Waals surface area (Å²) in [4.78, 5) is 5.65. The molecule has 0 saturated heterocycles. The first-order valence-corrected chi connectivity index (χ1v) is 6.83. The van der Waals surface area contributed by atoms with Crippen molar-refractivity contribution in [3.63, 3.8) is 0 Å². The second-order valence-corrected chi connectivity index (χ2v) is 5.38. The van der Waals surface area contributed by atoms with Crippen LogP contribution >= 0.6 is 11.3 Å². The molecule has 0 spiro atoms. The van der Waals surface area contributed by atoms with Crippen LogP contribution in [0.5, 0.6) is 0 Å². The predicted octanol–water partition coefficient (Wildman–Crippen LogP) is 3.54.